The Bertz CT molecular complexity index is 346. The summed E-state index contributed by atoms with van der Waals surface area (Å²) in [4.78, 5) is 36.3. The monoisotopic (exact) mass is 271 g/mol. The molecule has 3 amide bonds. The van der Waals surface area contributed by atoms with E-state index in [2.05, 4.69) is 10.6 Å². The van der Waals surface area contributed by atoms with Crippen LogP contribution in [0.15, 0.2) is 0 Å². The van der Waals surface area contributed by atoms with Crippen molar-refractivity contribution in [2.24, 2.45) is 0 Å². The van der Waals surface area contributed by atoms with E-state index in [1.807, 2.05) is 0 Å². The molecule has 1 saturated heterocycles. The Hall–Kier alpha value is -1.63. The minimum atomic E-state index is -0.514. The van der Waals surface area contributed by atoms with Gasteiger partial charge in [0.05, 0.1) is 13.2 Å². The molecule has 1 atom stereocenters. The van der Waals surface area contributed by atoms with Crippen LogP contribution in [-0.2, 0) is 14.3 Å². The fourth-order valence-corrected chi connectivity index (χ4v) is 2.08. The van der Waals surface area contributed by atoms with Gasteiger partial charge in [-0.25, -0.2) is 4.79 Å². The van der Waals surface area contributed by atoms with Gasteiger partial charge in [-0.1, -0.05) is 0 Å². The molecule has 1 heterocycles. The van der Waals surface area contributed by atoms with Gasteiger partial charge >= 0.3 is 12.0 Å². The van der Waals surface area contributed by atoms with Crippen molar-refractivity contribution in [3.63, 3.8) is 0 Å². The molecule has 2 N–H and O–H groups in total. The van der Waals surface area contributed by atoms with Crippen molar-refractivity contribution in [2.75, 3.05) is 26.2 Å². The smallest absolute Gasteiger partial charge is 0.323 e. The molecule has 1 aliphatic heterocycles. The molecule has 0 saturated carbocycles. The summed E-state index contributed by atoms with van der Waals surface area (Å²) in [6.45, 7) is 4.98. The Kier molecular flexibility index (Phi) is 6.27. The highest BCUT2D eigenvalue weighted by atomic mass is 16.5. The molecule has 1 unspecified atom stereocenters. The molecule has 0 aromatic rings. The van der Waals surface area contributed by atoms with Crippen LogP contribution in [-0.4, -0.2) is 55.1 Å². The number of carbonyl (C=O) groups is 3. The number of nitrogens with zero attached hydrogens (tertiary/aromatic N) is 1. The standard InChI is InChI=1S/C12H21N3O4/c1-3-13-12(18)14-10(16)8-15-7-5-6-9(15)11(17)19-4-2/h9H,3-8H2,1-2H3,(H2,13,14,16,18). The molecule has 1 rings (SSSR count). The summed E-state index contributed by atoms with van der Waals surface area (Å²) >= 11 is 0. The second-order valence-corrected chi connectivity index (χ2v) is 4.29. The van der Waals surface area contributed by atoms with Crippen LogP contribution in [0.2, 0.25) is 0 Å². The number of ether oxygens (including phenoxy) is 1. The molecule has 1 aliphatic rings. The number of imide groups is 1. The zero-order chi connectivity index (χ0) is 14.3. The van der Waals surface area contributed by atoms with Crippen LogP contribution in [0, 0.1) is 0 Å². The zero-order valence-corrected chi connectivity index (χ0v) is 11.4. The maximum atomic E-state index is 11.7. The van der Waals surface area contributed by atoms with Crippen LogP contribution < -0.4 is 10.6 Å². The maximum Gasteiger partial charge on any atom is 0.323 e. The lowest BCUT2D eigenvalue weighted by Gasteiger charge is -2.21. The number of nitrogens with one attached hydrogen (secondary N) is 2. The first-order valence-electron chi connectivity index (χ1n) is 6.56. The van der Waals surface area contributed by atoms with Gasteiger partial charge in [0.1, 0.15) is 6.04 Å². The van der Waals surface area contributed by atoms with E-state index in [0.717, 1.165) is 6.42 Å². The first-order chi connectivity index (χ1) is 9.08. The highest BCUT2D eigenvalue weighted by molar-refractivity contribution is 5.95. The molecular weight excluding hydrogens is 250 g/mol. The number of likely N-dealkylation sites (tertiary alicyclic amines) is 1. The summed E-state index contributed by atoms with van der Waals surface area (Å²) in [5.41, 5.74) is 0. The molecule has 1 fully saturated rings. The number of carbonyl (C=O) groups excluding carboxylic acids is 3. The molecule has 0 aromatic carbocycles. The topological polar surface area (TPSA) is 87.7 Å². The first kappa shape index (κ1) is 15.4. The van der Waals surface area contributed by atoms with Crippen molar-refractivity contribution >= 4 is 17.9 Å². The molecule has 0 radical (unpaired) electrons. The minimum absolute atomic E-state index is 0.0284. The second kappa shape index (κ2) is 7.73. The number of rotatable bonds is 5. The van der Waals surface area contributed by atoms with E-state index in [1.54, 1.807) is 18.7 Å². The fourth-order valence-electron chi connectivity index (χ4n) is 2.08. The fraction of sp³-hybridized carbons (Fsp3) is 0.750. The molecule has 108 valence electrons. The summed E-state index contributed by atoms with van der Waals surface area (Å²) in [5, 5.41) is 4.69. The van der Waals surface area contributed by atoms with E-state index in [0.29, 0.717) is 26.1 Å². The third-order valence-corrected chi connectivity index (χ3v) is 2.86. The van der Waals surface area contributed by atoms with Crippen LogP contribution in [0.25, 0.3) is 0 Å². The van der Waals surface area contributed by atoms with E-state index in [1.165, 1.54) is 0 Å². The molecule has 19 heavy (non-hydrogen) atoms. The van der Waals surface area contributed by atoms with Gasteiger partial charge in [0.15, 0.2) is 0 Å². The van der Waals surface area contributed by atoms with Gasteiger partial charge in [0, 0.05) is 6.54 Å². The van der Waals surface area contributed by atoms with Crippen molar-refractivity contribution in [1.82, 2.24) is 15.5 Å². The number of amides is 3. The van der Waals surface area contributed by atoms with Gasteiger partial charge in [-0.05, 0) is 33.2 Å². The molecule has 7 heteroatoms. The van der Waals surface area contributed by atoms with Gasteiger partial charge in [-0.2, -0.15) is 0 Å². The van der Waals surface area contributed by atoms with Gasteiger partial charge in [0.2, 0.25) is 5.91 Å². The van der Waals surface area contributed by atoms with E-state index in [-0.39, 0.29) is 18.6 Å². The van der Waals surface area contributed by atoms with Gasteiger partial charge in [-0.3, -0.25) is 19.8 Å². The second-order valence-electron chi connectivity index (χ2n) is 4.29. The molecule has 0 spiro atoms. The van der Waals surface area contributed by atoms with Crippen LogP contribution in [0.5, 0.6) is 0 Å². The van der Waals surface area contributed by atoms with Gasteiger partial charge in [-0.15, -0.1) is 0 Å². The van der Waals surface area contributed by atoms with Crippen molar-refractivity contribution in [2.45, 2.75) is 32.7 Å². The number of esters is 1. The summed E-state index contributed by atoms with van der Waals surface area (Å²) in [6, 6.07) is -0.890. The lowest BCUT2D eigenvalue weighted by atomic mass is 10.2. The van der Waals surface area contributed by atoms with E-state index in [4.69, 9.17) is 4.74 Å². The Morgan fingerprint density at radius 3 is 2.68 bits per heavy atom. The molecule has 0 aliphatic carbocycles. The van der Waals surface area contributed by atoms with Crippen molar-refractivity contribution in [3.05, 3.63) is 0 Å². The maximum absolute atomic E-state index is 11.7. The van der Waals surface area contributed by atoms with Crippen LogP contribution >= 0.6 is 0 Å². The summed E-state index contributed by atoms with van der Waals surface area (Å²) in [5.74, 6) is -0.715. The van der Waals surface area contributed by atoms with Crippen molar-refractivity contribution < 1.29 is 19.1 Å². The third kappa shape index (κ3) is 4.86. The highest BCUT2D eigenvalue weighted by Crippen LogP contribution is 2.17. The average Bonchev–Trinajstić information content (AvgIpc) is 2.77. The normalized spacial score (nSPS) is 18.9. The summed E-state index contributed by atoms with van der Waals surface area (Å²) < 4.78 is 4.97. The molecular formula is C12H21N3O4. The summed E-state index contributed by atoms with van der Waals surface area (Å²) in [7, 11) is 0. The van der Waals surface area contributed by atoms with Gasteiger partial charge in [0.25, 0.3) is 0 Å². The number of urea groups is 1. The lowest BCUT2D eigenvalue weighted by molar-refractivity contribution is -0.148. The number of hydrogen-bond acceptors (Lipinski definition) is 5. The first-order valence-corrected chi connectivity index (χ1v) is 6.56. The van der Waals surface area contributed by atoms with Crippen molar-refractivity contribution in [3.8, 4) is 0 Å². The molecule has 0 aromatic heterocycles. The van der Waals surface area contributed by atoms with Crippen molar-refractivity contribution in [1.29, 1.82) is 0 Å². The average molecular weight is 271 g/mol. The summed E-state index contributed by atoms with van der Waals surface area (Å²) in [6.07, 6.45) is 1.53. The van der Waals surface area contributed by atoms with Gasteiger partial charge < -0.3 is 10.1 Å². The third-order valence-electron chi connectivity index (χ3n) is 2.86. The number of hydrogen-bond donors (Lipinski definition) is 2. The lowest BCUT2D eigenvalue weighted by Crippen LogP contribution is -2.47. The van der Waals surface area contributed by atoms with Crippen LogP contribution in [0.1, 0.15) is 26.7 Å². The Labute approximate surface area is 112 Å². The quantitative estimate of drug-likeness (QED) is 0.680. The predicted molar refractivity (Wildman–Crippen MR) is 68.4 cm³/mol. The highest BCUT2D eigenvalue weighted by Gasteiger charge is 2.33. The Balaban J connectivity index is 2.44. The Morgan fingerprint density at radius 2 is 2.05 bits per heavy atom. The molecule has 0 bridgehead atoms. The van der Waals surface area contributed by atoms with E-state index < -0.39 is 11.9 Å². The van der Waals surface area contributed by atoms with Crippen LogP contribution in [0.4, 0.5) is 4.79 Å². The zero-order valence-electron chi connectivity index (χ0n) is 11.4. The largest absolute Gasteiger partial charge is 0.465 e. The SMILES string of the molecule is CCNC(=O)NC(=O)CN1CCCC1C(=O)OCC. The van der Waals surface area contributed by atoms with E-state index in [9.17, 15) is 14.4 Å². The van der Waals surface area contributed by atoms with Crippen LogP contribution in [0.3, 0.4) is 0 Å². The predicted octanol–water partition coefficient (Wildman–Crippen LogP) is -0.140. The minimum Gasteiger partial charge on any atom is -0.465 e. The Morgan fingerprint density at radius 1 is 1.32 bits per heavy atom. The van der Waals surface area contributed by atoms with E-state index >= 15 is 0 Å². The molecule has 7 nitrogen and oxygen atoms in total.